The Morgan fingerprint density at radius 2 is 1.92 bits per heavy atom. The van der Waals surface area contributed by atoms with Crippen LogP contribution in [-0.4, -0.2) is 35.6 Å². The Morgan fingerprint density at radius 1 is 1.32 bits per heavy atom. The van der Waals surface area contributed by atoms with E-state index < -0.39 is 11.7 Å². The number of nitrogens with zero attached hydrogens (tertiary/aromatic N) is 4. The molecule has 134 valence electrons. The molecule has 0 spiro atoms. The number of ether oxygens (including phenoxy) is 1. The lowest BCUT2D eigenvalue weighted by Crippen LogP contribution is -2.41. The molecule has 0 aliphatic carbocycles. The van der Waals surface area contributed by atoms with Gasteiger partial charge in [0.05, 0.1) is 0 Å². The van der Waals surface area contributed by atoms with Crippen molar-refractivity contribution in [3.05, 3.63) is 40.3 Å². The zero-order chi connectivity index (χ0) is 18.4. The molecule has 2 N–H and O–H groups in total. The Labute approximate surface area is 146 Å². The minimum absolute atomic E-state index is 0.0291. The predicted octanol–water partition coefficient (Wildman–Crippen LogP) is 3.74. The van der Waals surface area contributed by atoms with E-state index in [4.69, 9.17) is 16.0 Å². The van der Waals surface area contributed by atoms with E-state index in [1.165, 1.54) is 0 Å². The standard InChI is InChI=1S/C17H23N5O3/c1-17(2,25-16(18)24)11-12-7-9-22(10-8-12)15(23)13-3-5-14(6-4-13)20-21-19/h3-6,12H,7-11H2,1-2H3,(H2,18,24). The van der Waals surface area contributed by atoms with Crippen LogP contribution < -0.4 is 5.73 Å². The van der Waals surface area contributed by atoms with Gasteiger partial charge in [-0.15, -0.1) is 0 Å². The molecule has 1 saturated heterocycles. The molecule has 8 heteroatoms. The average Bonchev–Trinajstić information content (AvgIpc) is 2.54. The van der Waals surface area contributed by atoms with Gasteiger partial charge in [-0.3, -0.25) is 4.79 Å². The fourth-order valence-corrected chi connectivity index (χ4v) is 3.25. The smallest absolute Gasteiger partial charge is 0.405 e. The molecule has 0 radical (unpaired) electrons. The van der Waals surface area contributed by atoms with E-state index >= 15 is 0 Å². The van der Waals surface area contributed by atoms with Gasteiger partial charge in [-0.25, -0.2) is 4.79 Å². The van der Waals surface area contributed by atoms with Crippen LogP contribution in [0, 0.1) is 5.92 Å². The molecular formula is C17H23N5O3. The van der Waals surface area contributed by atoms with Crippen LogP contribution in [0.15, 0.2) is 29.4 Å². The Bertz CT molecular complexity index is 672. The van der Waals surface area contributed by atoms with Crippen molar-refractivity contribution in [2.75, 3.05) is 13.1 Å². The third-order valence-corrected chi connectivity index (χ3v) is 4.33. The number of rotatable bonds is 5. The van der Waals surface area contributed by atoms with E-state index in [0.29, 0.717) is 30.3 Å². The minimum atomic E-state index is -0.762. The third-order valence-electron chi connectivity index (χ3n) is 4.33. The molecule has 1 aromatic carbocycles. The van der Waals surface area contributed by atoms with Gasteiger partial charge in [0.25, 0.3) is 5.91 Å². The number of nitrogens with two attached hydrogens (primary N) is 1. The van der Waals surface area contributed by atoms with E-state index in [0.717, 1.165) is 19.3 Å². The lowest BCUT2D eigenvalue weighted by atomic mass is 9.86. The van der Waals surface area contributed by atoms with Gasteiger partial charge in [0.1, 0.15) is 5.60 Å². The molecule has 1 aliphatic heterocycles. The van der Waals surface area contributed by atoms with Crippen LogP contribution in [0.3, 0.4) is 0 Å². The van der Waals surface area contributed by atoms with Crippen LogP contribution in [0.4, 0.5) is 10.5 Å². The molecule has 1 aliphatic rings. The molecular weight excluding hydrogens is 322 g/mol. The fraction of sp³-hybridized carbons (Fsp3) is 0.529. The largest absolute Gasteiger partial charge is 0.444 e. The van der Waals surface area contributed by atoms with Crippen LogP contribution in [0.1, 0.15) is 43.5 Å². The Morgan fingerprint density at radius 3 is 2.44 bits per heavy atom. The molecule has 0 unspecified atom stereocenters. The first-order valence-corrected chi connectivity index (χ1v) is 8.23. The summed E-state index contributed by atoms with van der Waals surface area (Å²) < 4.78 is 5.14. The van der Waals surface area contributed by atoms with Crippen molar-refractivity contribution in [2.45, 2.75) is 38.7 Å². The summed E-state index contributed by atoms with van der Waals surface area (Å²) in [4.78, 5) is 28.0. The number of primary amides is 1. The molecule has 8 nitrogen and oxygen atoms in total. The molecule has 1 aromatic rings. The maximum Gasteiger partial charge on any atom is 0.405 e. The quantitative estimate of drug-likeness (QED) is 0.497. The first-order valence-electron chi connectivity index (χ1n) is 8.23. The second-order valence-electron chi connectivity index (χ2n) is 6.86. The van der Waals surface area contributed by atoms with E-state index in [9.17, 15) is 9.59 Å². The number of carbonyl (C=O) groups is 2. The van der Waals surface area contributed by atoms with Crippen molar-refractivity contribution in [3.63, 3.8) is 0 Å². The van der Waals surface area contributed by atoms with Crippen LogP contribution in [0.5, 0.6) is 0 Å². The summed E-state index contributed by atoms with van der Waals surface area (Å²) in [5, 5.41) is 3.49. The molecule has 0 saturated carbocycles. The summed E-state index contributed by atoms with van der Waals surface area (Å²) in [6, 6.07) is 6.59. The monoisotopic (exact) mass is 345 g/mol. The molecule has 0 atom stereocenters. The number of hydrogen-bond donors (Lipinski definition) is 1. The molecule has 0 bridgehead atoms. The molecule has 1 heterocycles. The number of carbonyl (C=O) groups excluding carboxylic acids is 2. The predicted molar refractivity (Wildman–Crippen MR) is 93.2 cm³/mol. The maximum atomic E-state index is 12.5. The number of amides is 2. The van der Waals surface area contributed by atoms with Crippen molar-refractivity contribution in [1.82, 2.24) is 4.90 Å². The lowest BCUT2D eigenvalue weighted by Gasteiger charge is -2.35. The van der Waals surface area contributed by atoms with E-state index in [1.54, 1.807) is 24.3 Å². The minimum Gasteiger partial charge on any atom is -0.444 e. The molecule has 25 heavy (non-hydrogen) atoms. The second-order valence-corrected chi connectivity index (χ2v) is 6.86. The van der Waals surface area contributed by atoms with Gasteiger partial charge >= 0.3 is 6.09 Å². The van der Waals surface area contributed by atoms with Gasteiger partial charge in [0, 0.05) is 29.3 Å². The Hall–Kier alpha value is -2.73. The first-order chi connectivity index (χ1) is 11.8. The number of azide groups is 1. The van der Waals surface area contributed by atoms with Gasteiger partial charge in [-0.05, 0) is 56.7 Å². The van der Waals surface area contributed by atoms with Gasteiger partial charge in [0.15, 0.2) is 0 Å². The number of hydrogen-bond acceptors (Lipinski definition) is 4. The van der Waals surface area contributed by atoms with Crippen molar-refractivity contribution < 1.29 is 14.3 Å². The SMILES string of the molecule is CC(C)(CC1CCN(C(=O)c2ccc(N=[N+]=[N-])cc2)CC1)OC(N)=O. The number of benzene rings is 1. The molecule has 0 aromatic heterocycles. The van der Waals surface area contributed by atoms with Crippen molar-refractivity contribution in [1.29, 1.82) is 0 Å². The van der Waals surface area contributed by atoms with Crippen molar-refractivity contribution in [3.8, 4) is 0 Å². The van der Waals surface area contributed by atoms with Gasteiger partial charge < -0.3 is 15.4 Å². The zero-order valence-corrected chi connectivity index (χ0v) is 14.5. The Balaban J connectivity index is 1.89. The maximum absolute atomic E-state index is 12.5. The van der Waals surface area contributed by atoms with Crippen LogP contribution in [0.2, 0.25) is 0 Å². The van der Waals surface area contributed by atoms with Crippen molar-refractivity contribution >= 4 is 17.7 Å². The first kappa shape index (κ1) is 18.6. The van der Waals surface area contributed by atoms with E-state index in [-0.39, 0.29) is 5.91 Å². The number of likely N-dealkylation sites (tertiary alicyclic amines) is 1. The van der Waals surface area contributed by atoms with Crippen LogP contribution in [-0.2, 0) is 4.74 Å². The highest BCUT2D eigenvalue weighted by atomic mass is 16.6. The lowest BCUT2D eigenvalue weighted by molar-refractivity contribution is 0.0174. The van der Waals surface area contributed by atoms with E-state index in [2.05, 4.69) is 10.0 Å². The summed E-state index contributed by atoms with van der Waals surface area (Å²) in [7, 11) is 0. The molecule has 1 fully saturated rings. The topological polar surface area (TPSA) is 121 Å². The van der Waals surface area contributed by atoms with Crippen LogP contribution in [0.25, 0.3) is 10.4 Å². The van der Waals surface area contributed by atoms with Gasteiger partial charge in [-0.2, -0.15) is 0 Å². The van der Waals surface area contributed by atoms with Gasteiger partial charge in [-0.1, -0.05) is 17.2 Å². The molecule has 2 rings (SSSR count). The van der Waals surface area contributed by atoms with E-state index in [1.807, 2.05) is 18.7 Å². The molecule has 2 amide bonds. The fourth-order valence-electron chi connectivity index (χ4n) is 3.25. The summed E-state index contributed by atoms with van der Waals surface area (Å²) in [6.45, 7) is 5.02. The zero-order valence-electron chi connectivity index (χ0n) is 14.5. The number of piperidine rings is 1. The Kier molecular flexibility index (Phi) is 5.88. The highest BCUT2D eigenvalue weighted by molar-refractivity contribution is 5.94. The summed E-state index contributed by atoms with van der Waals surface area (Å²) in [5.41, 5.74) is 14.0. The highest BCUT2D eigenvalue weighted by Gasteiger charge is 2.30. The van der Waals surface area contributed by atoms with Crippen LogP contribution >= 0.6 is 0 Å². The highest BCUT2D eigenvalue weighted by Crippen LogP contribution is 2.29. The third kappa shape index (κ3) is 5.39. The van der Waals surface area contributed by atoms with Gasteiger partial charge in [0.2, 0.25) is 0 Å². The normalized spacial score (nSPS) is 15.4. The van der Waals surface area contributed by atoms with Crippen molar-refractivity contribution in [2.24, 2.45) is 16.8 Å². The average molecular weight is 345 g/mol. The summed E-state index contributed by atoms with van der Waals surface area (Å²) >= 11 is 0. The summed E-state index contributed by atoms with van der Waals surface area (Å²) in [5.74, 6) is 0.351. The summed E-state index contributed by atoms with van der Waals surface area (Å²) in [6.07, 6.45) is 1.67. The second kappa shape index (κ2) is 7.90.